The molecule has 2 atom stereocenters. The van der Waals surface area contributed by atoms with Crippen LogP contribution in [0.4, 0.5) is 0 Å². The molecule has 2 aliphatic heterocycles. The predicted molar refractivity (Wildman–Crippen MR) is 69.2 cm³/mol. The molecule has 2 saturated heterocycles. The zero-order valence-electron chi connectivity index (χ0n) is 10.9. The molecule has 1 N–H and O–H groups in total. The van der Waals surface area contributed by atoms with E-state index in [1.54, 1.807) is 0 Å². The van der Waals surface area contributed by atoms with Crippen LogP contribution in [0.1, 0.15) is 38.5 Å². The maximum absolute atomic E-state index is 5.45. The van der Waals surface area contributed by atoms with Gasteiger partial charge in [-0.25, -0.2) is 0 Å². The lowest BCUT2D eigenvalue weighted by Crippen LogP contribution is -2.46. The van der Waals surface area contributed by atoms with Crippen molar-refractivity contribution in [3.8, 4) is 0 Å². The molecule has 3 rings (SSSR count). The fourth-order valence-electron chi connectivity index (χ4n) is 3.15. The average Bonchev–Trinajstić information content (AvgIpc) is 3.00. The van der Waals surface area contributed by atoms with Crippen molar-refractivity contribution in [2.24, 2.45) is 5.92 Å². The number of likely N-dealkylation sites (tertiary alicyclic amines) is 1. The Morgan fingerprint density at radius 1 is 1.12 bits per heavy atom. The Hall–Kier alpha value is -0.120. The number of rotatable bonds is 5. The van der Waals surface area contributed by atoms with E-state index in [-0.39, 0.29) is 0 Å². The van der Waals surface area contributed by atoms with E-state index in [9.17, 15) is 0 Å². The maximum Gasteiger partial charge on any atom is 0.0495 e. The van der Waals surface area contributed by atoms with Crippen LogP contribution in [0.2, 0.25) is 0 Å². The SMILES string of the molecule is C1CC(NC2CC2)CN(CCC2CCOC2)C1. The van der Waals surface area contributed by atoms with Gasteiger partial charge in [0, 0.05) is 31.8 Å². The van der Waals surface area contributed by atoms with E-state index in [0.717, 1.165) is 31.2 Å². The minimum Gasteiger partial charge on any atom is -0.381 e. The summed E-state index contributed by atoms with van der Waals surface area (Å²) in [5.41, 5.74) is 0. The first-order valence-electron chi connectivity index (χ1n) is 7.46. The Morgan fingerprint density at radius 3 is 2.82 bits per heavy atom. The first-order valence-corrected chi connectivity index (χ1v) is 7.46. The summed E-state index contributed by atoms with van der Waals surface area (Å²) in [6.45, 7) is 5.89. The summed E-state index contributed by atoms with van der Waals surface area (Å²) in [5, 5.41) is 3.78. The molecule has 0 bridgehead atoms. The molecule has 1 aliphatic carbocycles. The number of nitrogens with one attached hydrogen (secondary N) is 1. The van der Waals surface area contributed by atoms with Crippen LogP contribution in [0.3, 0.4) is 0 Å². The van der Waals surface area contributed by atoms with Gasteiger partial charge < -0.3 is 15.0 Å². The molecule has 2 heterocycles. The first-order chi connectivity index (χ1) is 8.40. The van der Waals surface area contributed by atoms with Crippen LogP contribution in [0.15, 0.2) is 0 Å². The third-order valence-electron chi connectivity index (χ3n) is 4.43. The molecule has 0 amide bonds. The second-order valence-corrected chi connectivity index (χ2v) is 6.10. The van der Waals surface area contributed by atoms with Crippen molar-refractivity contribution in [3.63, 3.8) is 0 Å². The fourth-order valence-corrected chi connectivity index (χ4v) is 3.15. The number of nitrogens with zero attached hydrogens (tertiary/aromatic N) is 1. The first kappa shape index (κ1) is 11.9. The van der Waals surface area contributed by atoms with E-state index < -0.39 is 0 Å². The van der Waals surface area contributed by atoms with Crippen LogP contribution in [-0.4, -0.2) is 49.8 Å². The van der Waals surface area contributed by atoms with Crippen molar-refractivity contribution >= 4 is 0 Å². The summed E-state index contributed by atoms with van der Waals surface area (Å²) in [4.78, 5) is 2.67. The Kier molecular flexibility index (Phi) is 3.99. The lowest BCUT2D eigenvalue weighted by molar-refractivity contribution is 0.162. The summed E-state index contributed by atoms with van der Waals surface area (Å²) < 4.78 is 5.45. The average molecular weight is 238 g/mol. The lowest BCUT2D eigenvalue weighted by Gasteiger charge is -2.33. The van der Waals surface area contributed by atoms with Crippen molar-refractivity contribution in [2.45, 2.75) is 50.6 Å². The third-order valence-corrected chi connectivity index (χ3v) is 4.43. The molecule has 3 aliphatic rings. The minimum absolute atomic E-state index is 0.774. The molecular weight excluding hydrogens is 212 g/mol. The molecule has 3 heteroatoms. The van der Waals surface area contributed by atoms with Gasteiger partial charge in [-0.3, -0.25) is 0 Å². The van der Waals surface area contributed by atoms with Crippen molar-refractivity contribution in [2.75, 3.05) is 32.8 Å². The fraction of sp³-hybridized carbons (Fsp3) is 1.00. The second kappa shape index (κ2) is 5.68. The standard InChI is InChI=1S/C14H26N2O/c1-2-14(15-13-3-4-13)10-16(7-1)8-5-12-6-9-17-11-12/h12-15H,1-11H2. The molecule has 2 unspecified atom stereocenters. The molecular formula is C14H26N2O. The van der Waals surface area contributed by atoms with Crippen LogP contribution in [0, 0.1) is 5.92 Å². The monoisotopic (exact) mass is 238 g/mol. The summed E-state index contributed by atoms with van der Waals surface area (Å²) in [6, 6.07) is 1.64. The number of piperidine rings is 1. The lowest BCUT2D eigenvalue weighted by atomic mass is 10.0. The van der Waals surface area contributed by atoms with Gasteiger partial charge in [0.25, 0.3) is 0 Å². The van der Waals surface area contributed by atoms with Crippen LogP contribution in [0.25, 0.3) is 0 Å². The van der Waals surface area contributed by atoms with Crippen LogP contribution in [-0.2, 0) is 4.74 Å². The van der Waals surface area contributed by atoms with Gasteiger partial charge in [-0.15, -0.1) is 0 Å². The highest BCUT2D eigenvalue weighted by Gasteiger charge is 2.27. The molecule has 0 spiro atoms. The third kappa shape index (κ3) is 3.67. The van der Waals surface area contributed by atoms with E-state index >= 15 is 0 Å². The largest absolute Gasteiger partial charge is 0.381 e. The molecule has 98 valence electrons. The van der Waals surface area contributed by atoms with Crippen molar-refractivity contribution in [1.29, 1.82) is 0 Å². The Balaban J connectivity index is 1.36. The Bertz CT molecular complexity index is 236. The molecule has 0 aromatic carbocycles. The highest BCUT2D eigenvalue weighted by molar-refractivity contribution is 4.88. The summed E-state index contributed by atoms with van der Waals surface area (Å²) >= 11 is 0. The highest BCUT2D eigenvalue weighted by Crippen LogP contribution is 2.23. The number of ether oxygens (including phenoxy) is 1. The van der Waals surface area contributed by atoms with Gasteiger partial charge in [-0.05, 0) is 57.5 Å². The molecule has 17 heavy (non-hydrogen) atoms. The van der Waals surface area contributed by atoms with Gasteiger partial charge in [0.15, 0.2) is 0 Å². The Labute approximate surface area is 105 Å². The molecule has 3 nitrogen and oxygen atoms in total. The van der Waals surface area contributed by atoms with Crippen LogP contribution in [0.5, 0.6) is 0 Å². The predicted octanol–water partition coefficient (Wildman–Crippen LogP) is 1.63. The quantitative estimate of drug-likeness (QED) is 0.788. The van der Waals surface area contributed by atoms with Gasteiger partial charge in [-0.2, -0.15) is 0 Å². The normalized spacial score (nSPS) is 35.3. The molecule has 3 fully saturated rings. The zero-order valence-corrected chi connectivity index (χ0v) is 10.9. The molecule has 0 aromatic rings. The van der Waals surface area contributed by atoms with Gasteiger partial charge in [0.2, 0.25) is 0 Å². The number of hydrogen-bond acceptors (Lipinski definition) is 3. The molecule has 1 saturated carbocycles. The topological polar surface area (TPSA) is 24.5 Å². The van der Waals surface area contributed by atoms with Gasteiger partial charge in [-0.1, -0.05) is 0 Å². The summed E-state index contributed by atoms with van der Waals surface area (Å²) in [5.74, 6) is 0.840. The van der Waals surface area contributed by atoms with E-state index in [2.05, 4.69) is 10.2 Å². The summed E-state index contributed by atoms with van der Waals surface area (Å²) in [6.07, 6.45) is 8.23. The zero-order chi connectivity index (χ0) is 11.5. The molecule has 0 aromatic heterocycles. The van der Waals surface area contributed by atoms with Crippen LogP contribution < -0.4 is 5.32 Å². The Morgan fingerprint density at radius 2 is 2.06 bits per heavy atom. The van der Waals surface area contributed by atoms with Crippen molar-refractivity contribution in [3.05, 3.63) is 0 Å². The van der Waals surface area contributed by atoms with Crippen LogP contribution >= 0.6 is 0 Å². The van der Waals surface area contributed by atoms with E-state index in [0.29, 0.717) is 0 Å². The van der Waals surface area contributed by atoms with Gasteiger partial charge in [0.1, 0.15) is 0 Å². The van der Waals surface area contributed by atoms with Crippen molar-refractivity contribution in [1.82, 2.24) is 10.2 Å². The maximum atomic E-state index is 5.45. The van der Waals surface area contributed by atoms with E-state index in [4.69, 9.17) is 4.74 Å². The van der Waals surface area contributed by atoms with Gasteiger partial charge >= 0.3 is 0 Å². The number of hydrogen-bond donors (Lipinski definition) is 1. The van der Waals surface area contributed by atoms with E-state index in [1.807, 2.05) is 0 Å². The molecule has 0 radical (unpaired) electrons. The smallest absolute Gasteiger partial charge is 0.0495 e. The van der Waals surface area contributed by atoms with E-state index in [1.165, 1.54) is 58.2 Å². The highest BCUT2D eigenvalue weighted by atomic mass is 16.5. The minimum atomic E-state index is 0.774. The second-order valence-electron chi connectivity index (χ2n) is 6.10. The van der Waals surface area contributed by atoms with Crippen molar-refractivity contribution < 1.29 is 4.74 Å². The van der Waals surface area contributed by atoms with Gasteiger partial charge in [0.05, 0.1) is 0 Å². The summed E-state index contributed by atoms with van der Waals surface area (Å²) in [7, 11) is 0.